The van der Waals surface area contributed by atoms with Gasteiger partial charge in [-0.2, -0.15) is 0 Å². The molecule has 0 amide bonds. The summed E-state index contributed by atoms with van der Waals surface area (Å²) >= 11 is 9.24. The molecule has 0 unspecified atom stereocenters. The Kier molecular flexibility index (Phi) is 4.04. The highest BCUT2D eigenvalue weighted by Crippen LogP contribution is 2.30. The third-order valence-corrected chi connectivity index (χ3v) is 3.40. The van der Waals surface area contributed by atoms with Crippen LogP contribution in [0.15, 0.2) is 40.9 Å². The molecular formula is C14H10BrClO2. The van der Waals surface area contributed by atoms with Gasteiger partial charge in [0.25, 0.3) is 0 Å². The van der Waals surface area contributed by atoms with Crippen molar-refractivity contribution in [2.24, 2.45) is 0 Å². The normalized spacial score (nSPS) is 10.2. The summed E-state index contributed by atoms with van der Waals surface area (Å²) in [5, 5.41) is 0.624. The Labute approximate surface area is 119 Å². The highest BCUT2D eigenvalue weighted by molar-refractivity contribution is 9.10. The van der Waals surface area contributed by atoms with Crippen LogP contribution >= 0.6 is 27.5 Å². The minimum atomic E-state index is 0.588. The van der Waals surface area contributed by atoms with Gasteiger partial charge in [0.2, 0.25) is 0 Å². The minimum Gasteiger partial charge on any atom is -0.457 e. The first-order valence-corrected chi connectivity index (χ1v) is 6.46. The van der Waals surface area contributed by atoms with Crippen molar-refractivity contribution in [1.82, 2.24) is 0 Å². The number of halogens is 2. The summed E-state index contributed by atoms with van der Waals surface area (Å²) in [4.78, 5) is 10.7. The maximum Gasteiger partial charge on any atom is 0.151 e. The van der Waals surface area contributed by atoms with Gasteiger partial charge in [-0.3, -0.25) is 4.79 Å². The molecule has 18 heavy (non-hydrogen) atoms. The number of aryl methyl sites for hydroxylation is 1. The Morgan fingerprint density at radius 3 is 2.67 bits per heavy atom. The van der Waals surface area contributed by atoms with Crippen LogP contribution in [0.4, 0.5) is 0 Å². The maximum absolute atomic E-state index is 10.7. The van der Waals surface area contributed by atoms with Gasteiger partial charge >= 0.3 is 0 Å². The Bertz CT molecular complexity index is 596. The zero-order valence-electron chi connectivity index (χ0n) is 9.61. The molecule has 0 atom stereocenters. The fraction of sp³-hybridized carbons (Fsp3) is 0.0714. The fourth-order valence-electron chi connectivity index (χ4n) is 1.48. The van der Waals surface area contributed by atoms with E-state index in [1.54, 1.807) is 24.3 Å². The van der Waals surface area contributed by atoms with Crippen LogP contribution in [0.1, 0.15) is 15.9 Å². The van der Waals surface area contributed by atoms with Crippen molar-refractivity contribution in [2.75, 3.05) is 0 Å². The van der Waals surface area contributed by atoms with E-state index in [-0.39, 0.29) is 0 Å². The molecule has 0 aliphatic carbocycles. The lowest BCUT2D eigenvalue weighted by Gasteiger charge is -2.09. The van der Waals surface area contributed by atoms with Gasteiger partial charge in [0.1, 0.15) is 11.5 Å². The molecule has 92 valence electrons. The second-order valence-electron chi connectivity index (χ2n) is 3.81. The number of carbonyl (C=O) groups excluding carboxylic acids is 1. The topological polar surface area (TPSA) is 26.3 Å². The monoisotopic (exact) mass is 324 g/mol. The Morgan fingerprint density at radius 1 is 1.22 bits per heavy atom. The van der Waals surface area contributed by atoms with Crippen LogP contribution < -0.4 is 4.74 Å². The maximum atomic E-state index is 10.7. The van der Waals surface area contributed by atoms with Crippen molar-refractivity contribution >= 4 is 33.8 Å². The van der Waals surface area contributed by atoms with Crippen molar-refractivity contribution in [3.05, 3.63) is 57.0 Å². The number of aldehydes is 1. The average Bonchev–Trinajstić information content (AvgIpc) is 2.34. The molecule has 0 spiro atoms. The van der Waals surface area contributed by atoms with Crippen molar-refractivity contribution < 1.29 is 9.53 Å². The van der Waals surface area contributed by atoms with E-state index in [0.717, 1.165) is 11.8 Å². The Hall–Kier alpha value is -1.32. The number of benzene rings is 2. The molecule has 0 aliphatic heterocycles. The van der Waals surface area contributed by atoms with E-state index in [0.29, 0.717) is 26.6 Å². The molecule has 2 nitrogen and oxygen atoms in total. The predicted molar refractivity (Wildman–Crippen MR) is 75.8 cm³/mol. The molecule has 4 heteroatoms. The molecule has 0 N–H and O–H groups in total. The van der Waals surface area contributed by atoms with Crippen LogP contribution in [0, 0.1) is 6.92 Å². The average molecular weight is 326 g/mol. The quantitative estimate of drug-likeness (QED) is 0.741. The van der Waals surface area contributed by atoms with Crippen LogP contribution in [0.5, 0.6) is 11.5 Å². The van der Waals surface area contributed by atoms with Gasteiger partial charge in [0.15, 0.2) is 6.29 Å². The van der Waals surface area contributed by atoms with Crippen molar-refractivity contribution in [1.29, 1.82) is 0 Å². The molecule has 0 aliphatic rings. The zero-order chi connectivity index (χ0) is 13.1. The van der Waals surface area contributed by atoms with E-state index < -0.39 is 0 Å². The molecule has 0 heterocycles. The van der Waals surface area contributed by atoms with Gasteiger partial charge in [-0.05, 0) is 58.7 Å². The molecule has 2 aromatic rings. The Balaban J connectivity index is 2.31. The smallest absolute Gasteiger partial charge is 0.151 e. The van der Waals surface area contributed by atoms with E-state index in [9.17, 15) is 4.79 Å². The molecule has 0 bridgehead atoms. The van der Waals surface area contributed by atoms with Crippen molar-refractivity contribution in [3.8, 4) is 11.5 Å². The minimum absolute atomic E-state index is 0.588. The van der Waals surface area contributed by atoms with Crippen molar-refractivity contribution in [2.45, 2.75) is 6.92 Å². The van der Waals surface area contributed by atoms with E-state index in [1.807, 2.05) is 19.1 Å². The summed E-state index contributed by atoms with van der Waals surface area (Å²) in [5.74, 6) is 1.35. The number of ether oxygens (including phenoxy) is 1. The summed E-state index contributed by atoms with van der Waals surface area (Å²) in [6.45, 7) is 1.94. The number of hydrogen-bond donors (Lipinski definition) is 0. The third kappa shape index (κ3) is 2.92. The lowest BCUT2D eigenvalue weighted by atomic mass is 10.2. The third-order valence-electron chi connectivity index (χ3n) is 2.48. The largest absolute Gasteiger partial charge is 0.457 e. The summed E-state index contributed by atoms with van der Waals surface area (Å²) < 4.78 is 6.44. The van der Waals surface area contributed by atoms with E-state index in [2.05, 4.69) is 15.9 Å². The molecule has 2 aromatic carbocycles. The first-order chi connectivity index (χ1) is 8.60. The zero-order valence-corrected chi connectivity index (χ0v) is 12.0. The van der Waals surface area contributed by atoms with Crippen molar-refractivity contribution in [3.63, 3.8) is 0 Å². The molecule has 0 saturated carbocycles. The Morgan fingerprint density at radius 2 is 2.00 bits per heavy atom. The second kappa shape index (κ2) is 5.55. The summed E-state index contributed by atoms with van der Waals surface area (Å²) in [6, 6.07) is 10.7. The second-order valence-corrected chi connectivity index (χ2v) is 5.10. The van der Waals surface area contributed by atoms with Gasteiger partial charge in [0.05, 0.1) is 0 Å². The first kappa shape index (κ1) is 13.1. The van der Waals surface area contributed by atoms with Gasteiger partial charge < -0.3 is 4.74 Å². The molecule has 2 rings (SSSR count). The SMILES string of the molecule is Cc1ccc(Cl)cc1Oc1ccc(C=O)c(Br)c1. The number of hydrogen-bond acceptors (Lipinski definition) is 2. The van der Waals surface area contributed by atoms with Gasteiger partial charge in [-0.15, -0.1) is 0 Å². The van der Waals surface area contributed by atoms with Crippen LogP contribution in [-0.4, -0.2) is 6.29 Å². The standard InChI is InChI=1S/C14H10BrClO2/c1-9-2-4-11(16)6-14(9)18-12-5-3-10(8-17)13(15)7-12/h2-8H,1H3. The van der Waals surface area contributed by atoms with E-state index in [1.165, 1.54) is 0 Å². The lowest BCUT2D eigenvalue weighted by Crippen LogP contribution is -1.89. The van der Waals surface area contributed by atoms with E-state index in [4.69, 9.17) is 16.3 Å². The highest BCUT2D eigenvalue weighted by atomic mass is 79.9. The fourth-order valence-corrected chi connectivity index (χ4v) is 2.09. The lowest BCUT2D eigenvalue weighted by molar-refractivity contribution is 0.112. The van der Waals surface area contributed by atoms with Crippen LogP contribution in [0.2, 0.25) is 5.02 Å². The summed E-state index contributed by atoms with van der Waals surface area (Å²) in [6.07, 6.45) is 0.790. The van der Waals surface area contributed by atoms with E-state index >= 15 is 0 Å². The molecule has 0 radical (unpaired) electrons. The first-order valence-electron chi connectivity index (χ1n) is 5.29. The van der Waals surface area contributed by atoms with Gasteiger partial charge in [-0.25, -0.2) is 0 Å². The number of carbonyl (C=O) groups is 1. The van der Waals surface area contributed by atoms with Crippen LogP contribution in [0.3, 0.4) is 0 Å². The highest BCUT2D eigenvalue weighted by Gasteiger charge is 2.05. The number of rotatable bonds is 3. The molecule has 0 aromatic heterocycles. The molecular weight excluding hydrogens is 316 g/mol. The summed E-state index contributed by atoms with van der Waals surface area (Å²) in [5.41, 5.74) is 1.58. The van der Waals surface area contributed by atoms with Gasteiger partial charge in [-0.1, -0.05) is 17.7 Å². The van der Waals surface area contributed by atoms with Gasteiger partial charge in [0, 0.05) is 15.1 Å². The molecule has 0 fully saturated rings. The summed E-state index contributed by atoms with van der Waals surface area (Å²) in [7, 11) is 0. The molecule has 0 saturated heterocycles. The van der Waals surface area contributed by atoms with Crippen LogP contribution in [-0.2, 0) is 0 Å². The van der Waals surface area contributed by atoms with Crippen LogP contribution in [0.25, 0.3) is 0 Å². The predicted octanol–water partition coefficient (Wildman–Crippen LogP) is 5.02.